The van der Waals surface area contributed by atoms with Crippen LogP contribution in [0.2, 0.25) is 0 Å². The average molecular weight is 579 g/mol. The molecule has 0 atom stereocenters. The number of nitrogens with zero attached hydrogens (tertiary/aromatic N) is 2. The summed E-state index contributed by atoms with van der Waals surface area (Å²) in [4.78, 5) is 4.58. The fraction of sp³-hybridized carbons (Fsp3) is 0.0233. The minimum Gasteiger partial charge on any atom is -0.311 e. The molecule has 0 aromatic heterocycles. The molecule has 45 heavy (non-hydrogen) atoms. The Kier molecular flexibility index (Phi) is 7.94. The molecule has 2 heteroatoms. The maximum atomic E-state index is 2.30. The molecule has 7 aromatic carbocycles. The van der Waals surface area contributed by atoms with E-state index in [-0.39, 0.29) is 0 Å². The van der Waals surface area contributed by atoms with Crippen LogP contribution >= 0.6 is 0 Å². The van der Waals surface area contributed by atoms with Crippen molar-refractivity contribution in [3.8, 4) is 22.3 Å². The van der Waals surface area contributed by atoms with Crippen molar-refractivity contribution >= 4 is 34.1 Å². The highest BCUT2D eigenvalue weighted by Crippen LogP contribution is 2.37. The second-order valence-corrected chi connectivity index (χ2v) is 11.2. The van der Waals surface area contributed by atoms with E-state index in [4.69, 9.17) is 0 Å². The van der Waals surface area contributed by atoms with Gasteiger partial charge in [-0.05, 0) is 102 Å². The first-order valence-corrected chi connectivity index (χ1v) is 15.4. The van der Waals surface area contributed by atoms with Crippen molar-refractivity contribution in [3.63, 3.8) is 0 Å². The molecule has 0 spiro atoms. The minimum atomic E-state index is 1.13. The normalized spacial score (nSPS) is 10.8. The van der Waals surface area contributed by atoms with E-state index in [1.807, 2.05) is 0 Å². The largest absolute Gasteiger partial charge is 0.311 e. The fourth-order valence-electron chi connectivity index (χ4n) is 5.78. The number of para-hydroxylation sites is 3. The van der Waals surface area contributed by atoms with Crippen LogP contribution in [0.3, 0.4) is 0 Å². The Morgan fingerprint density at radius 1 is 0.244 bits per heavy atom. The molecule has 0 radical (unpaired) electrons. The Labute approximate surface area is 266 Å². The summed E-state index contributed by atoms with van der Waals surface area (Å²) in [7, 11) is 0. The van der Waals surface area contributed by atoms with Gasteiger partial charge in [-0.3, -0.25) is 0 Å². The molecule has 7 aromatic rings. The summed E-state index contributed by atoms with van der Waals surface area (Å²) >= 11 is 0. The smallest absolute Gasteiger partial charge is 0.0462 e. The molecule has 0 bridgehead atoms. The maximum Gasteiger partial charge on any atom is 0.0462 e. The van der Waals surface area contributed by atoms with Gasteiger partial charge in [0.2, 0.25) is 0 Å². The minimum absolute atomic E-state index is 1.13. The third-order valence-corrected chi connectivity index (χ3v) is 8.14. The monoisotopic (exact) mass is 578 g/mol. The van der Waals surface area contributed by atoms with Crippen molar-refractivity contribution in [2.45, 2.75) is 6.92 Å². The highest BCUT2D eigenvalue weighted by Gasteiger charge is 2.14. The summed E-state index contributed by atoms with van der Waals surface area (Å²) in [6.45, 7) is 2.12. The number of anilines is 6. The summed E-state index contributed by atoms with van der Waals surface area (Å²) in [5, 5.41) is 0. The summed E-state index contributed by atoms with van der Waals surface area (Å²) in [6, 6.07) is 66.8. The molecule has 0 N–H and O–H groups in total. The maximum absolute atomic E-state index is 2.30. The molecule has 0 saturated heterocycles. The SMILES string of the molecule is Cc1ccc(N(c2ccccc2)c2ccc(-c3ccc(-c4ccc(N(c5ccccc5)c5ccccc5)cc4)cc3)cc2)cc1. The predicted molar refractivity (Wildman–Crippen MR) is 191 cm³/mol. The third kappa shape index (κ3) is 6.13. The van der Waals surface area contributed by atoms with Crippen LogP contribution < -0.4 is 9.80 Å². The summed E-state index contributed by atoms with van der Waals surface area (Å²) < 4.78 is 0. The van der Waals surface area contributed by atoms with Crippen LogP contribution in [0.4, 0.5) is 34.1 Å². The predicted octanol–water partition coefficient (Wildman–Crippen LogP) is 12.3. The van der Waals surface area contributed by atoms with Crippen LogP contribution in [0.5, 0.6) is 0 Å². The molecule has 216 valence electrons. The highest BCUT2D eigenvalue weighted by molar-refractivity contribution is 5.80. The van der Waals surface area contributed by atoms with Gasteiger partial charge in [-0.25, -0.2) is 0 Å². The van der Waals surface area contributed by atoms with Crippen molar-refractivity contribution in [1.29, 1.82) is 0 Å². The standard InChI is InChI=1S/C43H34N2/c1-33-17-27-41(28-18-33)45(40-15-9-4-10-16-40)43-31-25-37(26-32-43)35-21-19-34(20-22-35)36-23-29-42(30-24-36)44(38-11-5-2-6-12-38)39-13-7-3-8-14-39/h2-32H,1H3. The van der Waals surface area contributed by atoms with Crippen molar-refractivity contribution in [2.24, 2.45) is 0 Å². The van der Waals surface area contributed by atoms with Gasteiger partial charge in [-0.2, -0.15) is 0 Å². The van der Waals surface area contributed by atoms with Crippen LogP contribution in [0.25, 0.3) is 22.3 Å². The lowest BCUT2D eigenvalue weighted by Crippen LogP contribution is -2.09. The molecule has 0 heterocycles. The van der Waals surface area contributed by atoms with Crippen molar-refractivity contribution in [2.75, 3.05) is 9.80 Å². The Balaban J connectivity index is 1.12. The van der Waals surface area contributed by atoms with Crippen LogP contribution in [0.1, 0.15) is 5.56 Å². The molecular formula is C43H34N2. The van der Waals surface area contributed by atoms with E-state index in [0.717, 1.165) is 34.1 Å². The van der Waals surface area contributed by atoms with Gasteiger partial charge < -0.3 is 9.80 Å². The molecule has 0 aliphatic carbocycles. The molecule has 0 aliphatic rings. The Hall–Kier alpha value is -5.86. The van der Waals surface area contributed by atoms with Gasteiger partial charge in [0.25, 0.3) is 0 Å². The number of hydrogen-bond acceptors (Lipinski definition) is 2. The molecule has 7 rings (SSSR count). The summed E-state index contributed by atoms with van der Waals surface area (Å²) in [5.74, 6) is 0. The van der Waals surface area contributed by atoms with Gasteiger partial charge in [0.1, 0.15) is 0 Å². The molecule has 0 amide bonds. The zero-order chi connectivity index (χ0) is 30.4. The molecule has 0 saturated carbocycles. The van der Waals surface area contributed by atoms with E-state index >= 15 is 0 Å². The van der Waals surface area contributed by atoms with Crippen LogP contribution in [0, 0.1) is 6.92 Å². The first kappa shape index (κ1) is 27.9. The zero-order valence-corrected chi connectivity index (χ0v) is 25.3. The zero-order valence-electron chi connectivity index (χ0n) is 25.3. The Morgan fingerprint density at radius 2 is 0.467 bits per heavy atom. The van der Waals surface area contributed by atoms with Gasteiger partial charge in [-0.1, -0.05) is 121 Å². The Bertz CT molecular complexity index is 1910. The van der Waals surface area contributed by atoms with E-state index in [2.05, 4.69) is 205 Å². The second-order valence-electron chi connectivity index (χ2n) is 11.2. The van der Waals surface area contributed by atoms with Crippen LogP contribution in [-0.4, -0.2) is 0 Å². The van der Waals surface area contributed by atoms with Gasteiger partial charge in [-0.15, -0.1) is 0 Å². The number of hydrogen-bond donors (Lipinski definition) is 0. The Morgan fingerprint density at radius 3 is 0.756 bits per heavy atom. The van der Waals surface area contributed by atoms with Crippen LogP contribution in [0.15, 0.2) is 188 Å². The molecule has 0 fully saturated rings. The van der Waals surface area contributed by atoms with Gasteiger partial charge >= 0.3 is 0 Å². The summed E-state index contributed by atoms with van der Waals surface area (Å²) in [5.41, 5.74) is 12.8. The van der Waals surface area contributed by atoms with E-state index in [1.165, 1.54) is 27.8 Å². The van der Waals surface area contributed by atoms with E-state index in [0.29, 0.717) is 0 Å². The molecule has 0 aliphatic heterocycles. The molecular weight excluding hydrogens is 544 g/mol. The lowest BCUT2D eigenvalue weighted by molar-refractivity contribution is 1.27. The van der Waals surface area contributed by atoms with Crippen LogP contribution in [-0.2, 0) is 0 Å². The number of aryl methyl sites for hydroxylation is 1. The van der Waals surface area contributed by atoms with Gasteiger partial charge in [0.15, 0.2) is 0 Å². The number of rotatable bonds is 8. The van der Waals surface area contributed by atoms with E-state index in [9.17, 15) is 0 Å². The molecule has 2 nitrogen and oxygen atoms in total. The topological polar surface area (TPSA) is 6.48 Å². The first-order chi connectivity index (χ1) is 22.2. The third-order valence-electron chi connectivity index (χ3n) is 8.14. The van der Waals surface area contributed by atoms with Crippen molar-refractivity contribution in [1.82, 2.24) is 0 Å². The second kappa shape index (κ2) is 12.8. The summed E-state index contributed by atoms with van der Waals surface area (Å²) in [6.07, 6.45) is 0. The first-order valence-electron chi connectivity index (χ1n) is 15.4. The van der Waals surface area contributed by atoms with E-state index in [1.54, 1.807) is 0 Å². The molecule has 0 unspecified atom stereocenters. The average Bonchev–Trinajstić information content (AvgIpc) is 3.12. The van der Waals surface area contributed by atoms with Gasteiger partial charge in [0.05, 0.1) is 0 Å². The lowest BCUT2D eigenvalue weighted by Gasteiger charge is -2.25. The quantitative estimate of drug-likeness (QED) is 0.177. The van der Waals surface area contributed by atoms with Crippen molar-refractivity contribution < 1.29 is 0 Å². The van der Waals surface area contributed by atoms with Gasteiger partial charge in [0, 0.05) is 34.1 Å². The van der Waals surface area contributed by atoms with E-state index < -0.39 is 0 Å². The number of benzene rings is 7. The van der Waals surface area contributed by atoms with Crippen molar-refractivity contribution in [3.05, 3.63) is 194 Å². The fourth-order valence-corrected chi connectivity index (χ4v) is 5.78. The highest BCUT2D eigenvalue weighted by atomic mass is 15.1. The lowest BCUT2D eigenvalue weighted by atomic mass is 9.99.